The molecular weight excluding hydrogens is 300 g/mol. The van der Waals surface area contributed by atoms with Crippen molar-refractivity contribution in [1.29, 1.82) is 0 Å². The minimum atomic E-state index is -0.0963. The molecule has 1 amide bonds. The second kappa shape index (κ2) is 5.43. The van der Waals surface area contributed by atoms with Gasteiger partial charge in [-0.3, -0.25) is 4.79 Å². The van der Waals surface area contributed by atoms with E-state index in [-0.39, 0.29) is 17.9 Å². The molecule has 4 rings (SSSR count). The van der Waals surface area contributed by atoms with Crippen molar-refractivity contribution in [1.82, 2.24) is 4.90 Å². The van der Waals surface area contributed by atoms with E-state index in [1.165, 1.54) is 0 Å². The summed E-state index contributed by atoms with van der Waals surface area (Å²) in [6, 6.07) is 5.89. The van der Waals surface area contributed by atoms with Gasteiger partial charge in [-0.25, -0.2) is 0 Å². The Morgan fingerprint density at radius 1 is 1.32 bits per heavy atom. The summed E-state index contributed by atoms with van der Waals surface area (Å²) in [5, 5.41) is 0.692. The van der Waals surface area contributed by atoms with Gasteiger partial charge in [-0.15, -0.1) is 0 Å². The van der Waals surface area contributed by atoms with E-state index in [2.05, 4.69) is 0 Å². The molecule has 22 heavy (non-hydrogen) atoms. The third kappa shape index (κ3) is 2.38. The molecule has 0 aromatic heterocycles. The molecule has 4 nitrogen and oxygen atoms in total. The molecule has 2 fully saturated rings. The molecule has 0 bridgehead atoms. The van der Waals surface area contributed by atoms with E-state index in [0.29, 0.717) is 29.9 Å². The smallest absolute Gasteiger partial charge is 0.229 e. The van der Waals surface area contributed by atoms with Crippen LogP contribution in [0.5, 0.6) is 5.75 Å². The highest BCUT2D eigenvalue weighted by molar-refractivity contribution is 6.30. The van der Waals surface area contributed by atoms with Crippen molar-refractivity contribution >= 4 is 17.5 Å². The summed E-state index contributed by atoms with van der Waals surface area (Å²) in [6.45, 7) is 2.16. The molecule has 2 heterocycles. The van der Waals surface area contributed by atoms with Crippen LogP contribution < -0.4 is 10.5 Å². The topological polar surface area (TPSA) is 55.6 Å². The first kappa shape index (κ1) is 14.3. The number of rotatable bonds is 1. The summed E-state index contributed by atoms with van der Waals surface area (Å²) < 4.78 is 5.76. The number of hydrogen-bond donors (Lipinski definition) is 1. The summed E-state index contributed by atoms with van der Waals surface area (Å²) in [7, 11) is 0. The van der Waals surface area contributed by atoms with Crippen molar-refractivity contribution in [3.8, 4) is 5.75 Å². The Balaban J connectivity index is 1.46. The van der Waals surface area contributed by atoms with Crippen LogP contribution in [-0.2, 0) is 11.2 Å². The third-order valence-electron chi connectivity index (χ3n) is 5.50. The molecule has 2 N–H and O–H groups in total. The molecule has 1 aromatic carbocycles. The number of halogens is 1. The number of carbonyl (C=O) groups is 1. The van der Waals surface area contributed by atoms with Crippen molar-refractivity contribution in [2.75, 3.05) is 19.7 Å². The fourth-order valence-corrected chi connectivity index (χ4v) is 4.46. The third-order valence-corrected chi connectivity index (χ3v) is 5.74. The number of nitrogens with zero attached hydrogens (tertiary/aromatic N) is 1. The first-order valence-electron chi connectivity index (χ1n) is 8.07. The van der Waals surface area contributed by atoms with Crippen LogP contribution in [0.4, 0.5) is 0 Å². The van der Waals surface area contributed by atoms with E-state index in [9.17, 15) is 4.79 Å². The van der Waals surface area contributed by atoms with E-state index in [4.69, 9.17) is 22.1 Å². The number of benzene rings is 1. The van der Waals surface area contributed by atoms with Crippen molar-refractivity contribution in [3.05, 3.63) is 28.8 Å². The van der Waals surface area contributed by atoms with Crippen LogP contribution in [-0.4, -0.2) is 36.5 Å². The average molecular weight is 321 g/mol. The van der Waals surface area contributed by atoms with Crippen LogP contribution in [0.2, 0.25) is 5.02 Å². The van der Waals surface area contributed by atoms with E-state index in [0.717, 1.165) is 37.2 Å². The van der Waals surface area contributed by atoms with Gasteiger partial charge in [-0.2, -0.15) is 0 Å². The lowest BCUT2D eigenvalue weighted by Crippen LogP contribution is -2.41. The Bertz CT molecular complexity index is 606. The fraction of sp³-hybridized carbons (Fsp3) is 0.588. The van der Waals surface area contributed by atoms with Crippen LogP contribution in [0.25, 0.3) is 0 Å². The van der Waals surface area contributed by atoms with Crippen LogP contribution in [0.3, 0.4) is 0 Å². The summed E-state index contributed by atoms with van der Waals surface area (Å²) in [6.07, 6.45) is 2.98. The van der Waals surface area contributed by atoms with E-state index in [1.54, 1.807) is 0 Å². The number of fused-ring (bicyclic) bond motifs is 2. The lowest BCUT2D eigenvalue weighted by Gasteiger charge is -2.29. The zero-order valence-electron chi connectivity index (χ0n) is 12.5. The highest BCUT2D eigenvalue weighted by atomic mass is 35.5. The second-order valence-corrected chi connectivity index (χ2v) is 7.31. The molecule has 4 atom stereocenters. The van der Waals surface area contributed by atoms with Gasteiger partial charge in [0.05, 0.1) is 5.92 Å². The number of nitrogens with two attached hydrogens (primary N) is 1. The van der Waals surface area contributed by atoms with Gasteiger partial charge in [0.15, 0.2) is 0 Å². The fourth-order valence-electron chi connectivity index (χ4n) is 4.27. The molecule has 2 aliphatic heterocycles. The number of ether oxygens (including phenoxy) is 1. The number of likely N-dealkylation sites (tertiary alicyclic amines) is 1. The number of amides is 1. The first-order valence-corrected chi connectivity index (χ1v) is 8.45. The van der Waals surface area contributed by atoms with Gasteiger partial charge >= 0.3 is 0 Å². The van der Waals surface area contributed by atoms with Crippen molar-refractivity contribution in [2.45, 2.75) is 25.3 Å². The predicted octanol–water partition coefficient (Wildman–Crippen LogP) is 2.09. The van der Waals surface area contributed by atoms with E-state index in [1.807, 2.05) is 23.1 Å². The number of carbonyl (C=O) groups excluding carboxylic acids is 1. The van der Waals surface area contributed by atoms with Gasteiger partial charge in [-0.1, -0.05) is 11.6 Å². The molecular formula is C17H21ClN2O2. The van der Waals surface area contributed by atoms with Crippen LogP contribution >= 0.6 is 11.6 Å². The molecule has 1 aliphatic carbocycles. The Hall–Kier alpha value is -1.26. The zero-order valence-corrected chi connectivity index (χ0v) is 13.3. The maximum Gasteiger partial charge on any atom is 0.229 e. The van der Waals surface area contributed by atoms with Crippen molar-refractivity contribution in [3.63, 3.8) is 0 Å². The second-order valence-electron chi connectivity index (χ2n) is 6.87. The summed E-state index contributed by atoms with van der Waals surface area (Å²) in [4.78, 5) is 14.8. The quantitative estimate of drug-likeness (QED) is 0.862. The van der Waals surface area contributed by atoms with Gasteiger partial charge in [0.1, 0.15) is 12.4 Å². The predicted molar refractivity (Wildman–Crippen MR) is 84.9 cm³/mol. The normalized spacial score (nSPS) is 33.3. The maximum atomic E-state index is 12.8. The highest BCUT2D eigenvalue weighted by Gasteiger charge is 2.44. The van der Waals surface area contributed by atoms with Gasteiger partial charge in [0.25, 0.3) is 0 Å². The van der Waals surface area contributed by atoms with Gasteiger partial charge in [0.2, 0.25) is 5.91 Å². The molecule has 5 heteroatoms. The van der Waals surface area contributed by atoms with E-state index < -0.39 is 0 Å². The molecule has 118 valence electrons. The van der Waals surface area contributed by atoms with Crippen LogP contribution in [0, 0.1) is 17.8 Å². The van der Waals surface area contributed by atoms with Crippen molar-refractivity contribution < 1.29 is 9.53 Å². The molecule has 4 unspecified atom stereocenters. The summed E-state index contributed by atoms with van der Waals surface area (Å²) in [5.74, 6) is 2.07. The number of hydrogen-bond acceptors (Lipinski definition) is 3. The zero-order chi connectivity index (χ0) is 15.3. The lowest BCUT2D eigenvalue weighted by molar-refractivity contribution is -0.136. The van der Waals surface area contributed by atoms with Crippen LogP contribution in [0.15, 0.2) is 18.2 Å². The largest absolute Gasteiger partial charge is 0.492 e. The van der Waals surface area contributed by atoms with Crippen molar-refractivity contribution in [2.24, 2.45) is 23.5 Å². The minimum Gasteiger partial charge on any atom is -0.492 e. The van der Waals surface area contributed by atoms with Crippen LogP contribution in [0.1, 0.15) is 18.4 Å². The first-order chi connectivity index (χ1) is 10.6. The molecule has 1 saturated carbocycles. The molecule has 3 aliphatic rings. The van der Waals surface area contributed by atoms with Gasteiger partial charge in [-0.05, 0) is 54.9 Å². The molecule has 0 radical (unpaired) electrons. The average Bonchev–Trinajstić information content (AvgIpc) is 3.08. The van der Waals surface area contributed by atoms with E-state index >= 15 is 0 Å². The van der Waals surface area contributed by atoms with Gasteiger partial charge in [0, 0.05) is 24.2 Å². The maximum absolute atomic E-state index is 12.8. The molecule has 1 aromatic rings. The molecule has 1 saturated heterocycles. The standard InChI is InChI=1S/C17H21ClN2O2/c18-13-2-4-16-11(6-13)5-12(9-22-16)17(21)20-7-10-1-3-15(19)14(10)8-20/h2,4,6,10,12,14-15H,1,3,5,7-9,19H2. The Kier molecular flexibility index (Phi) is 3.54. The Morgan fingerprint density at radius 2 is 2.18 bits per heavy atom. The molecule has 0 spiro atoms. The SMILES string of the molecule is NC1CCC2CN(C(=O)C3COc4ccc(Cl)cc4C3)CC12. The minimum absolute atomic E-state index is 0.0963. The lowest BCUT2D eigenvalue weighted by atomic mass is 9.95. The summed E-state index contributed by atoms with van der Waals surface area (Å²) in [5.41, 5.74) is 7.20. The highest BCUT2D eigenvalue weighted by Crippen LogP contribution is 2.38. The van der Waals surface area contributed by atoms with Gasteiger partial charge < -0.3 is 15.4 Å². The monoisotopic (exact) mass is 320 g/mol. The Labute approximate surface area is 135 Å². The Morgan fingerprint density at radius 3 is 3.00 bits per heavy atom. The summed E-state index contributed by atoms with van der Waals surface area (Å²) >= 11 is 6.05.